The molecule has 0 amide bonds. The molecule has 0 heterocycles. The Bertz CT molecular complexity index is 779. The van der Waals surface area contributed by atoms with E-state index in [4.69, 9.17) is 81.3 Å². The fraction of sp³-hybridized carbons (Fsp3) is 1.00. The highest BCUT2D eigenvalue weighted by atomic mass is 16.6. The number of aliphatic hydroxyl groups is 3. The van der Waals surface area contributed by atoms with Crippen molar-refractivity contribution in [2.75, 3.05) is 166 Å². The van der Waals surface area contributed by atoms with Gasteiger partial charge in [0.25, 0.3) is 0 Å². The van der Waals surface area contributed by atoms with Crippen LogP contribution in [0.5, 0.6) is 0 Å². The Balaban J connectivity index is 0. The summed E-state index contributed by atoms with van der Waals surface area (Å²) in [6.07, 6.45) is -1.07. The van der Waals surface area contributed by atoms with Crippen LogP contribution in [0.2, 0.25) is 0 Å². The van der Waals surface area contributed by atoms with Gasteiger partial charge >= 0.3 is 0 Å². The largest absolute Gasteiger partial charge is 0.394 e. The highest BCUT2D eigenvalue weighted by Gasteiger charge is 2.14. The molecule has 18 heteroatoms. The first-order valence-corrected chi connectivity index (χ1v) is 21.2. The lowest BCUT2D eigenvalue weighted by atomic mass is 10.3. The summed E-state index contributed by atoms with van der Waals surface area (Å²) in [6.45, 7) is 26.2. The first-order chi connectivity index (χ1) is 28.4. The van der Waals surface area contributed by atoms with Gasteiger partial charge in [0, 0.05) is 7.11 Å². The molecule has 0 bridgehead atoms. The first-order valence-electron chi connectivity index (χ1n) is 21.2. The van der Waals surface area contributed by atoms with Gasteiger partial charge in [-0.2, -0.15) is 0 Å². The summed E-state index contributed by atoms with van der Waals surface area (Å²) in [7, 11) is 1.64. The highest BCUT2D eigenvalue weighted by Crippen LogP contribution is 2.05. The summed E-state index contributed by atoms with van der Waals surface area (Å²) in [6, 6.07) is 0. The van der Waals surface area contributed by atoms with Gasteiger partial charge in [-0.15, -0.1) is 0 Å². The summed E-state index contributed by atoms with van der Waals surface area (Å²) >= 11 is 0. The third-order valence-electron chi connectivity index (χ3n) is 7.47. The number of hydrogen-bond acceptors (Lipinski definition) is 18. The van der Waals surface area contributed by atoms with Crippen molar-refractivity contribution in [2.45, 2.75) is 104 Å². The Labute approximate surface area is 355 Å². The lowest BCUT2D eigenvalue weighted by molar-refractivity contribution is -0.108. The molecule has 0 saturated carbocycles. The fourth-order valence-electron chi connectivity index (χ4n) is 4.07. The van der Waals surface area contributed by atoms with Crippen molar-refractivity contribution in [3.63, 3.8) is 0 Å². The summed E-state index contributed by atoms with van der Waals surface area (Å²) in [4.78, 5) is 0. The Morgan fingerprint density at radius 1 is 0.305 bits per heavy atom. The molecule has 0 rings (SSSR count). The lowest BCUT2D eigenvalue weighted by Gasteiger charge is -2.22. The molecule has 0 fully saturated rings. The van der Waals surface area contributed by atoms with E-state index in [0.29, 0.717) is 145 Å². The van der Waals surface area contributed by atoms with E-state index in [9.17, 15) is 5.11 Å². The molecule has 59 heavy (non-hydrogen) atoms. The Morgan fingerprint density at radius 3 is 0.746 bits per heavy atom. The van der Waals surface area contributed by atoms with E-state index in [-0.39, 0.29) is 55.9 Å². The molecule has 3 N–H and O–H groups in total. The van der Waals surface area contributed by atoms with Crippen LogP contribution < -0.4 is 0 Å². The van der Waals surface area contributed by atoms with Gasteiger partial charge in [0.1, 0.15) is 0 Å². The fourth-order valence-corrected chi connectivity index (χ4v) is 4.07. The quantitative estimate of drug-likeness (QED) is 0.0750. The van der Waals surface area contributed by atoms with Crippen LogP contribution in [-0.2, 0) is 71.1 Å². The molecule has 358 valence electrons. The number of methoxy groups -OCH3 is 1. The molecule has 0 radical (unpaired) electrons. The first kappa shape index (κ1) is 60.4. The van der Waals surface area contributed by atoms with Crippen molar-refractivity contribution in [2.24, 2.45) is 0 Å². The maximum Gasteiger partial charge on any atom is 0.0781 e. The summed E-state index contributed by atoms with van der Waals surface area (Å²) in [5.74, 6) is 0. The maximum absolute atomic E-state index is 9.24. The molecular weight excluding hydrogens is 780 g/mol. The number of rotatable bonds is 45. The SMILES string of the molecule is CC(O)COC(C)COC(C)COC(C)COC(C)COC(C)COC(C)COC(C)CO.COCCOCCOCCOCCOCCOCCOCCOCCO. The Hall–Kier alpha value is -0.720. The molecule has 0 aromatic rings. The molecule has 0 aromatic carbocycles. The monoisotopic (exact) mass is 867 g/mol. The van der Waals surface area contributed by atoms with Crippen molar-refractivity contribution in [3.8, 4) is 0 Å². The van der Waals surface area contributed by atoms with Crippen LogP contribution >= 0.6 is 0 Å². The van der Waals surface area contributed by atoms with E-state index in [0.717, 1.165) is 0 Å². The third-order valence-corrected chi connectivity index (χ3v) is 7.47. The zero-order valence-corrected chi connectivity index (χ0v) is 38.1. The minimum atomic E-state index is -0.478. The van der Waals surface area contributed by atoms with Gasteiger partial charge in [0.2, 0.25) is 0 Å². The topological polar surface area (TPSA) is 199 Å². The molecular formula is C41H86O18. The van der Waals surface area contributed by atoms with Crippen LogP contribution in [0.15, 0.2) is 0 Å². The van der Waals surface area contributed by atoms with Gasteiger partial charge < -0.3 is 86.4 Å². The van der Waals surface area contributed by atoms with E-state index in [1.165, 1.54) is 0 Å². The molecule has 0 saturated heterocycles. The van der Waals surface area contributed by atoms with Crippen molar-refractivity contribution >= 4 is 0 Å². The lowest BCUT2D eigenvalue weighted by Crippen LogP contribution is -2.30. The number of aliphatic hydroxyl groups excluding tert-OH is 3. The smallest absolute Gasteiger partial charge is 0.0781 e. The van der Waals surface area contributed by atoms with E-state index in [2.05, 4.69) is 0 Å². The molecule has 0 aliphatic rings. The summed E-state index contributed by atoms with van der Waals surface area (Å²) < 4.78 is 81.7. The van der Waals surface area contributed by atoms with Gasteiger partial charge in [-0.1, -0.05) is 0 Å². The molecule has 0 aliphatic heterocycles. The van der Waals surface area contributed by atoms with E-state index < -0.39 is 6.10 Å². The zero-order valence-electron chi connectivity index (χ0n) is 38.1. The van der Waals surface area contributed by atoms with Gasteiger partial charge in [0.05, 0.1) is 207 Å². The summed E-state index contributed by atoms with van der Waals surface area (Å²) in [5.41, 5.74) is 0. The van der Waals surface area contributed by atoms with Gasteiger partial charge in [0.15, 0.2) is 0 Å². The Morgan fingerprint density at radius 2 is 0.525 bits per heavy atom. The predicted octanol–water partition coefficient (Wildman–Crippen LogP) is 1.94. The van der Waals surface area contributed by atoms with E-state index >= 15 is 0 Å². The maximum atomic E-state index is 9.24. The molecule has 0 aliphatic carbocycles. The number of hydrogen-bond donors (Lipinski definition) is 3. The molecule has 0 aromatic heterocycles. The average Bonchev–Trinajstić information content (AvgIpc) is 3.22. The second-order valence-electron chi connectivity index (χ2n) is 14.0. The standard InChI is InChI=1S/C24H50O9.C17H36O9/c1-17(26)10-27-19(3)12-29-21(5)14-31-23(7)16-33-24(8)15-32-22(6)13-30-20(4)11-28-18(2)9-25;1-19-4-5-21-8-9-23-12-13-25-16-17-26-15-14-24-11-10-22-7-6-20-3-2-18/h17-26H,9-16H2,1-8H3;18H,2-17H2,1H3. The van der Waals surface area contributed by atoms with Crippen LogP contribution in [0.3, 0.4) is 0 Å². The highest BCUT2D eigenvalue weighted by molar-refractivity contribution is 4.59. The van der Waals surface area contributed by atoms with Crippen LogP contribution in [0, 0.1) is 0 Å². The van der Waals surface area contributed by atoms with Crippen LogP contribution in [0.25, 0.3) is 0 Å². The molecule has 8 unspecified atom stereocenters. The van der Waals surface area contributed by atoms with Crippen molar-refractivity contribution < 1.29 is 86.4 Å². The van der Waals surface area contributed by atoms with E-state index in [1.807, 2.05) is 48.5 Å². The summed E-state index contributed by atoms with van der Waals surface area (Å²) in [5, 5.41) is 26.7. The number of ether oxygens (including phenoxy) is 15. The van der Waals surface area contributed by atoms with Crippen molar-refractivity contribution in [1.29, 1.82) is 0 Å². The van der Waals surface area contributed by atoms with Crippen molar-refractivity contribution in [3.05, 3.63) is 0 Å². The van der Waals surface area contributed by atoms with Gasteiger partial charge in [-0.25, -0.2) is 0 Å². The van der Waals surface area contributed by atoms with Crippen molar-refractivity contribution in [1.82, 2.24) is 0 Å². The minimum Gasteiger partial charge on any atom is -0.394 e. The Kier molecular flexibility index (Phi) is 47.9. The normalized spacial score (nSPS) is 15.9. The van der Waals surface area contributed by atoms with Gasteiger partial charge in [-0.05, 0) is 55.4 Å². The van der Waals surface area contributed by atoms with E-state index in [1.54, 1.807) is 14.0 Å². The second-order valence-corrected chi connectivity index (χ2v) is 14.0. The molecule has 18 nitrogen and oxygen atoms in total. The third kappa shape index (κ3) is 49.8. The minimum absolute atomic E-state index is 0.000849. The van der Waals surface area contributed by atoms with Crippen LogP contribution in [0.1, 0.15) is 55.4 Å². The predicted molar refractivity (Wildman–Crippen MR) is 221 cm³/mol. The van der Waals surface area contributed by atoms with Crippen LogP contribution in [0.4, 0.5) is 0 Å². The van der Waals surface area contributed by atoms with Crippen LogP contribution in [-0.4, -0.2) is 230 Å². The second kappa shape index (κ2) is 46.8. The zero-order chi connectivity index (χ0) is 44.2. The van der Waals surface area contributed by atoms with Gasteiger partial charge in [-0.3, -0.25) is 0 Å². The molecule has 0 spiro atoms. The average molecular weight is 867 g/mol. The molecule has 8 atom stereocenters.